The smallest absolute Gasteiger partial charge is 0.221 e. The predicted molar refractivity (Wildman–Crippen MR) is 43.5 cm³/mol. The third-order valence-electron chi connectivity index (χ3n) is 1.73. The second-order valence-corrected chi connectivity index (χ2v) is 2.74. The maximum atomic E-state index is 11.0. The molecule has 1 N–H and O–H groups in total. The van der Waals surface area contributed by atoms with Crippen molar-refractivity contribution in [3.63, 3.8) is 0 Å². The Kier molecular flexibility index (Phi) is 2.55. The summed E-state index contributed by atoms with van der Waals surface area (Å²) < 4.78 is 0. The highest BCUT2D eigenvalue weighted by molar-refractivity contribution is 6.42. The Morgan fingerprint density at radius 1 is 1.50 bits per heavy atom. The first kappa shape index (κ1) is 8.87. The third-order valence-corrected chi connectivity index (χ3v) is 1.73. The second-order valence-electron chi connectivity index (χ2n) is 2.74. The third kappa shape index (κ3) is 1.89. The van der Waals surface area contributed by atoms with Crippen molar-refractivity contribution in [3.8, 4) is 0 Å². The standard InChI is InChI=1S/C9H10O3/c1-6(10)7-3-2-4-8(11)9(12)5-7/h2-4,6,10H,5H2,1H3. The van der Waals surface area contributed by atoms with E-state index in [2.05, 4.69) is 0 Å². The van der Waals surface area contributed by atoms with Crippen LogP contribution in [0.2, 0.25) is 0 Å². The quantitative estimate of drug-likeness (QED) is 0.573. The van der Waals surface area contributed by atoms with E-state index in [0.717, 1.165) is 0 Å². The summed E-state index contributed by atoms with van der Waals surface area (Å²) in [4.78, 5) is 21.8. The molecule has 64 valence electrons. The van der Waals surface area contributed by atoms with E-state index in [4.69, 9.17) is 5.11 Å². The Bertz CT molecular complexity index is 271. The molecule has 1 aliphatic rings. The Morgan fingerprint density at radius 2 is 2.17 bits per heavy atom. The normalized spacial score (nSPS) is 20.3. The van der Waals surface area contributed by atoms with Crippen LogP contribution in [-0.2, 0) is 9.59 Å². The molecule has 1 aliphatic carbocycles. The van der Waals surface area contributed by atoms with Gasteiger partial charge in [0.25, 0.3) is 0 Å². The molecule has 1 atom stereocenters. The van der Waals surface area contributed by atoms with Gasteiger partial charge in [-0.15, -0.1) is 0 Å². The minimum atomic E-state index is -0.663. The van der Waals surface area contributed by atoms with Crippen molar-refractivity contribution < 1.29 is 14.7 Å². The van der Waals surface area contributed by atoms with Gasteiger partial charge in [-0.2, -0.15) is 0 Å². The zero-order chi connectivity index (χ0) is 9.14. The first-order valence-corrected chi connectivity index (χ1v) is 3.73. The van der Waals surface area contributed by atoms with Gasteiger partial charge >= 0.3 is 0 Å². The molecule has 0 fully saturated rings. The Labute approximate surface area is 70.4 Å². The summed E-state index contributed by atoms with van der Waals surface area (Å²) in [6.45, 7) is 1.57. The lowest BCUT2D eigenvalue weighted by Gasteiger charge is -2.05. The monoisotopic (exact) mass is 166 g/mol. The zero-order valence-corrected chi connectivity index (χ0v) is 6.78. The molecule has 0 saturated carbocycles. The molecule has 0 aliphatic heterocycles. The van der Waals surface area contributed by atoms with E-state index in [1.54, 1.807) is 13.0 Å². The summed E-state index contributed by atoms with van der Waals surface area (Å²) >= 11 is 0. The fourth-order valence-corrected chi connectivity index (χ4v) is 0.970. The van der Waals surface area contributed by atoms with Crippen LogP contribution in [-0.4, -0.2) is 22.8 Å². The summed E-state index contributed by atoms with van der Waals surface area (Å²) in [6.07, 6.45) is 3.69. The molecular weight excluding hydrogens is 156 g/mol. The molecule has 1 rings (SSSR count). The lowest BCUT2D eigenvalue weighted by molar-refractivity contribution is -0.133. The van der Waals surface area contributed by atoms with Crippen LogP contribution in [0.1, 0.15) is 13.3 Å². The number of carbonyl (C=O) groups excluding carboxylic acids is 2. The fourth-order valence-electron chi connectivity index (χ4n) is 0.970. The highest BCUT2D eigenvalue weighted by Gasteiger charge is 2.17. The van der Waals surface area contributed by atoms with E-state index in [1.807, 2.05) is 0 Å². The predicted octanol–water partition coefficient (Wildman–Crippen LogP) is 0.392. The van der Waals surface area contributed by atoms with Crippen LogP contribution in [0, 0.1) is 0 Å². The lowest BCUT2D eigenvalue weighted by Crippen LogP contribution is -2.14. The Balaban J connectivity index is 2.84. The van der Waals surface area contributed by atoms with Crippen LogP contribution >= 0.6 is 0 Å². The van der Waals surface area contributed by atoms with Gasteiger partial charge < -0.3 is 5.11 Å². The van der Waals surface area contributed by atoms with Gasteiger partial charge in [0, 0.05) is 6.42 Å². The number of hydrogen-bond acceptors (Lipinski definition) is 3. The molecule has 0 aromatic rings. The van der Waals surface area contributed by atoms with E-state index >= 15 is 0 Å². The first-order chi connectivity index (χ1) is 5.61. The highest BCUT2D eigenvalue weighted by Crippen LogP contribution is 2.11. The molecular formula is C9H10O3. The largest absolute Gasteiger partial charge is 0.389 e. The van der Waals surface area contributed by atoms with E-state index in [-0.39, 0.29) is 6.42 Å². The minimum absolute atomic E-state index is 0.0312. The maximum Gasteiger partial charge on any atom is 0.221 e. The Hall–Kier alpha value is -1.22. The number of rotatable bonds is 1. The van der Waals surface area contributed by atoms with E-state index in [9.17, 15) is 9.59 Å². The van der Waals surface area contributed by atoms with E-state index < -0.39 is 17.7 Å². The van der Waals surface area contributed by atoms with Crippen molar-refractivity contribution in [2.75, 3.05) is 0 Å². The van der Waals surface area contributed by atoms with E-state index in [1.165, 1.54) is 12.2 Å². The van der Waals surface area contributed by atoms with Crippen molar-refractivity contribution in [2.24, 2.45) is 0 Å². The second kappa shape index (κ2) is 3.45. The van der Waals surface area contributed by atoms with Gasteiger partial charge in [-0.25, -0.2) is 0 Å². The SMILES string of the molecule is CC(O)C1=CC=CC(=O)C(=O)C1. The molecule has 0 aromatic heterocycles. The van der Waals surface area contributed by atoms with Crippen LogP contribution in [0.4, 0.5) is 0 Å². The van der Waals surface area contributed by atoms with Crippen LogP contribution in [0.3, 0.4) is 0 Å². The zero-order valence-electron chi connectivity index (χ0n) is 6.78. The van der Waals surface area contributed by atoms with Gasteiger partial charge in [0.1, 0.15) is 0 Å². The van der Waals surface area contributed by atoms with Gasteiger partial charge in [-0.05, 0) is 18.6 Å². The fraction of sp³-hybridized carbons (Fsp3) is 0.333. The molecule has 0 saturated heterocycles. The first-order valence-electron chi connectivity index (χ1n) is 3.73. The number of carbonyl (C=O) groups is 2. The minimum Gasteiger partial charge on any atom is -0.389 e. The number of Topliss-reactive ketones (excluding diaryl/α,β-unsaturated/α-hetero) is 1. The average Bonchev–Trinajstić information content (AvgIpc) is 2.15. The van der Waals surface area contributed by atoms with Gasteiger partial charge in [-0.1, -0.05) is 12.2 Å². The molecule has 0 spiro atoms. The number of allylic oxidation sites excluding steroid dienone is 3. The van der Waals surface area contributed by atoms with Crippen molar-refractivity contribution in [3.05, 3.63) is 23.8 Å². The number of hydrogen-bond donors (Lipinski definition) is 1. The Morgan fingerprint density at radius 3 is 2.75 bits per heavy atom. The maximum absolute atomic E-state index is 11.0. The summed E-state index contributed by atoms with van der Waals surface area (Å²) in [5.74, 6) is -0.960. The van der Waals surface area contributed by atoms with Crippen LogP contribution in [0.5, 0.6) is 0 Å². The summed E-state index contributed by atoms with van der Waals surface area (Å²) in [5, 5.41) is 9.14. The summed E-state index contributed by atoms with van der Waals surface area (Å²) in [7, 11) is 0. The van der Waals surface area contributed by atoms with Crippen LogP contribution < -0.4 is 0 Å². The van der Waals surface area contributed by atoms with Gasteiger partial charge in [0.15, 0.2) is 0 Å². The molecule has 1 unspecified atom stereocenters. The molecule has 3 heteroatoms. The molecule has 12 heavy (non-hydrogen) atoms. The summed E-state index contributed by atoms with van der Waals surface area (Å²) in [6, 6.07) is 0. The average molecular weight is 166 g/mol. The van der Waals surface area contributed by atoms with Crippen molar-refractivity contribution in [1.29, 1.82) is 0 Å². The van der Waals surface area contributed by atoms with Crippen LogP contribution in [0.15, 0.2) is 23.8 Å². The van der Waals surface area contributed by atoms with Crippen molar-refractivity contribution >= 4 is 11.6 Å². The molecule has 0 amide bonds. The van der Waals surface area contributed by atoms with Crippen molar-refractivity contribution in [1.82, 2.24) is 0 Å². The topological polar surface area (TPSA) is 54.4 Å². The highest BCUT2D eigenvalue weighted by atomic mass is 16.3. The lowest BCUT2D eigenvalue weighted by atomic mass is 10.0. The molecule has 0 aromatic carbocycles. The summed E-state index contributed by atoms with van der Waals surface area (Å²) in [5.41, 5.74) is 0.585. The molecule has 0 heterocycles. The van der Waals surface area contributed by atoms with Gasteiger partial charge in [-0.3, -0.25) is 9.59 Å². The van der Waals surface area contributed by atoms with Crippen molar-refractivity contribution in [2.45, 2.75) is 19.4 Å². The number of aliphatic hydroxyl groups excluding tert-OH is 1. The molecule has 3 nitrogen and oxygen atoms in total. The van der Waals surface area contributed by atoms with Crippen LogP contribution in [0.25, 0.3) is 0 Å². The number of aliphatic hydroxyl groups is 1. The number of ketones is 2. The molecule has 0 bridgehead atoms. The van der Waals surface area contributed by atoms with Gasteiger partial charge in [0.05, 0.1) is 6.10 Å². The molecule has 0 radical (unpaired) electrons. The van der Waals surface area contributed by atoms with Gasteiger partial charge in [0.2, 0.25) is 11.6 Å². The van der Waals surface area contributed by atoms with E-state index in [0.29, 0.717) is 5.57 Å².